The second kappa shape index (κ2) is 5.26. The molecule has 0 bridgehead atoms. The van der Waals surface area contributed by atoms with Crippen LogP contribution in [0.5, 0.6) is 0 Å². The predicted octanol–water partition coefficient (Wildman–Crippen LogP) is 0.837. The summed E-state index contributed by atoms with van der Waals surface area (Å²) in [6, 6.07) is 3.37. The second-order valence-corrected chi connectivity index (χ2v) is 4.86. The maximum Gasteiger partial charge on any atom is 0.323 e. The molecule has 19 heavy (non-hydrogen) atoms. The lowest BCUT2D eigenvalue weighted by molar-refractivity contribution is -0.137. The van der Waals surface area contributed by atoms with E-state index in [1.54, 1.807) is 23.2 Å². The van der Waals surface area contributed by atoms with Crippen LogP contribution in [0.3, 0.4) is 0 Å². The molecule has 6 heteroatoms. The van der Waals surface area contributed by atoms with Crippen molar-refractivity contribution in [2.24, 2.45) is 0 Å². The number of aromatic nitrogens is 1. The average molecular weight is 263 g/mol. The Morgan fingerprint density at radius 3 is 2.63 bits per heavy atom. The quantitative estimate of drug-likeness (QED) is 0.852. The molecule has 0 spiro atoms. The lowest BCUT2D eigenvalue weighted by Crippen LogP contribution is -2.37. The molecule has 1 aromatic heterocycles. The number of carboxylic acid groups (broad SMARTS) is 1. The Kier molecular flexibility index (Phi) is 3.69. The predicted molar refractivity (Wildman–Crippen MR) is 70.3 cm³/mol. The van der Waals surface area contributed by atoms with E-state index in [9.17, 15) is 9.59 Å². The number of carbonyl (C=O) groups is 2. The van der Waals surface area contributed by atoms with Gasteiger partial charge in [0.1, 0.15) is 12.4 Å². The van der Waals surface area contributed by atoms with E-state index >= 15 is 0 Å². The smallest absolute Gasteiger partial charge is 0.323 e. The number of aliphatic carboxylic acids is 1. The van der Waals surface area contributed by atoms with Gasteiger partial charge in [-0.1, -0.05) is 0 Å². The van der Waals surface area contributed by atoms with Gasteiger partial charge in [-0.2, -0.15) is 0 Å². The second-order valence-electron chi connectivity index (χ2n) is 4.86. The van der Waals surface area contributed by atoms with E-state index < -0.39 is 5.97 Å². The van der Waals surface area contributed by atoms with Crippen LogP contribution < -0.4 is 4.90 Å². The van der Waals surface area contributed by atoms with Gasteiger partial charge in [-0.15, -0.1) is 0 Å². The third kappa shape index (κ3) is 3.21. The highest BCUT2D eigenvalue weighted by molar-refractivity contribution is 5.96. The van der Waals surface area contributed by atoms with Crippen molar-refractivity contribution < 1.29 is 14.7 Å². The lowest BCUT2D eigenvalue weighted by atomic mass is 10.2. The topological polar surface area (TPSA) is 73.7 Å². The monoisotopic (exact) mass is 263 g/mol. The van der Waals surface area contributed by atoms with Crippen molar-refractivity contribution in [3.8, 4) is 0 Å². The zero-order valence-electron chi connectivity index (χ0n) is 11.0. The maximum absolute atomic E-state index is 12.4. The zero-order chi connectivity index (χ0) is 14.0. The van der Waals surface area contributed by atoms with Gasteiger partial charge in [-0.05, 0) is 25.0 Å². The summed E-state index contributed by atoms with van der Waals surface area (Å²) < 4.78 is 0. The molecule has 1 aliphatic rings. The summed E-state index contributed by atoms with van der Waals surface area (Å²) in [7, 11) is 3.68. The minimum Gasteiger partial charge on any atom is -0.480 e. The molecule has 1 aromatic rings. The van der Waals surface area contributed by atoms with Gasteiger partial charge in [0, 0.05) is 31.9 Å². The Balaban J connectivity index is 2.21. The normalized spacial score (nSPS) is 14.0. The Hall–Kier alpha value is -2.11. The molecule has 0 aromatic carbocycles. The number of nitrogens with zero attached hydrogens (tertiary/aromatic N) is 3. The van der Waals surface area contributed by atoms with Crippen molar-refractivity contribution in [3.63, 3.8) is 0 Å². The molecular weight excluding hydrogens is 246 g/mol. The summed E-state index contributed by atoms with van der Waals surface area (Å²) >= 11 is 0. The van der Waals surface area contributed by atoms with Gasteiger partial charge in [0.15, 0.2) is 0 Å². The van der Waals surface area contributed by atoms with E-state index in [4.69, 9.17) is 5.11 Å². The van der Waals surface area contributed by atoms with Crippen LogP contribution in [0, 0.1) is 0 Å². The van der Waals surface area contributed by atoms with E-state index in [1.165, 1.54) is 4.90 Å². The molecule has 6 nitrogen and oxygen atoms in total. The molecule has 1 saturated carbocycles. The number of hydrogen-bond donors (Lipinski definition) is 1. The SMILES string of the molecule is CN(C)c1cc(C(=O)N(CC(=O)O)C2CC2)ccn1. The van der Waals surface area contributed by atoms with Crippen LogP contribution >= 0.6 is 0 Å². The minimum absolute atomic E-state index is 0.0690. The molecule has 0 atom stereocenters. The van der Waals surface area contributed by atoms with E-state index in [-0.39, 0.29) is 18.5 Å². The number of pyridine rings is 1. The van der Waals surface area contributed by atoms with E-state index in [0.717, 1.165) is 12.8 Å². The fraction of sp³-hybridized carbons (Fsp3) is 0.462. The van der Waals surface area contributed by atoms with Gasteiger partial charge in [0.2, 0.25) is 0 Å². The van der Waals surface area contributed by atoms with E-state index in [0.29, 0.717) is 11.4 Å². The summed E-state index contributed by atoms with van der Waals surface area (Å²) in [4.78, 5) is 30.6. The third-order valence-corrected chi connectivity index (χ3v) is 3.00. The molecule has 1 amide bonds. The summed E-state index contributed by atoms with van der Waals surface area (Å²) in [6.07, 6.45) is 3.32. The van der Waals surface area contributed by atoms with Crippen molar-refractivity contribution in [1.82, 2.24) is 9.88 Å². The fourth-order valence-corrected chi connectivity index (χ4v) is 1.86. The summed E-state index contributed by atoms with van der Waals surface area (Å²) in [5.74, 6) is -0.547. The molecule has 1 heterocycles. The Bertz CT molecular complexity index is 498. The van der Waals surface area contributed by atoms with Gasteiger partial charge >= 0.3 is 5.97 Å². The van der Waals surface area contributed by atoms with Gasteiger partial charge in [0.25, 0.3) is 5.91 Å². The largest absolute Gasteiger partial charge is 0.480 e. The highest BCUT2D eigenvalue weighted by atomic mass is 16.4. The first-order chi connectivity index (χ1) is 8.99. The number of hydrogen-bond acceptors (Lipinski definition) is 4. The lowest BCUT2D eigenvalue weighted by Gasteiger charge is -2.21. The summed E-state index contributed by atoms with van der Waals surface area (Å²) in [5, 5.41) is 8.88. The standard InChI is InChI=1S/C13H17N3O3/c1-15(2)11-7-9(5-6-14-11)13(19)16(8-12(17)18)10-3-4-10/h5-7,10H,3-4,8H2,1-2H3,(H,17,18). The van der Waals surface area contributed by atoms with Crippen LogP contribution in [-0.4, -0.2) is 53.5 Å². The van der Waals surface area contributed by atoms with Crippen molar-refractivity contribution in [2.75, 3.05) is 25.5 Å². The van der Waals surface area contributed by atoms with E-state index in [1.807, 2.05) is 14.1 Å². The van der Waals surface area contributed by atoms with Gasteiger partial charge < -0.3 is 14.9 Å². The van der Waals surface area contributed by atoms with Crippen molar-refractivity contribution >= 4 is 17.7 Å². The molecule has 1 aliphatic carbocycles. The van der Waals surface area contributed by atoms with Crippen molar-refractivity contribution in [3.05, 3.63) is 23.9 Å². The van der Waals surface area contributed by atoms with Gasteiger partial charge in [-0.25, -0.2) is 4.98 Å². The van der Waals surface area contributed by atoms with Crippen molar-refractivity contribution in [2.45, 2.75) is 18.9 Å². The highest BCUT2D eigenvalue weighted by Gasteiger charge is 2.34. The Labute approximate surface area is 111 Å². The average Bonchev–Trinajstić information content (AvgIpc) is 3.19. The summed E-state index contributed by atoms with van der Waals surface area (Å²) in [6.45, 7) is -0.247. The molecule has 1 N–H and O–H groups in total. The van der Waals surface area contributed by atoms with Crippen LogP contribution in [0.4, 0.5) is 5.82 Å². The fourth-order valence-electron chi connectivity index (χ4n) is 1.86. The van der Waals surface area contributed by atoms with Crippen LogP contribution in [0.15, 0.2) is 18.3 Å². The summed E-state index contributed by atoms with van der Waals surface area (Å²) in [5.41, 5.74) is 0.479. The number of carbonyl (C=O) groups excluding carboxylic acids is 1. The molecule has 0 aliphatic heterocycles. The van der Waals surface area contributed by atoms with E-state index in [2.05, 4.69) is 4.98 Å². The third-order valence-electron chi connectivity index (χ3n) is 3.00. The van der Waals surface area contributed by atoms with Crippen LogP contribution in [0.1, 0.15) is 23.2 Å². The number of amides is 1. The molecule has 1 fully saturated rings. The molecule has 2 rings (SSSR count). The highest BCUT2D eigenvalue weighted by Crippen LogP contribution is 2.28. The van der Waals surface area contributed by atoms with Crippen LogP contribution in [0.2, 0.25) is 0 Å². The van der Waals surface area contributed by atoms with Crippen LogP contribution in [0.25, 0.3) is 0 Å². The Morgan fingerprint density at radius 2 is 2.11 bits per heavy atom. The number of carboxylic acids is 1. The zero-order valence-corrected chi connectivity index (χ0v) is 11.0. The first-order valence-corrected chi connectivity index (χ1v) is 6.15. The van der Waals surface area contributed by atoms with Crippen molar-refractivity contribution in [1.29, 1.82) is 0 Å². The first-order valence-electron chi connectivity index (χ1n) is 6.15. The molecule has 0 unspecified atom stereocenters. The minimum atomic E-state index is -0.984. The Morgan fingerprint density at radius 1 is 1.42 bits per heavy atom. The number of anilines is 1. The molecule has 0 radical (unpaired) electrons. The first kappa shape index (κ1) is 13.3. The molecular formula is C13H17N3O3. The molecule has 102 valence electrons. The van der Waals surface area contributed by atoms with Gasteiger partial charge in [0.05, 0.1) is 0 Å². The maximum atomic E-state index is 12.4. The van der Waals surface area contributed by atoms with Crippen LogP contribution in [-0.2, 0) is 4.79 Å². The molecule has 0 saturated heterocycles. The van der Waals surface area contributed by atoms with Gasteiger partial charge in [-0.3, -0.25) is 9.59 Å². The number of rotatable bonds is 5.